The summed E-state index contributed by atoms with van der Waals surface area (Å²) in [4.78, 5) is 0.760. The Bertz CT molecular complexity index is 450. The molecule has 0 aliphatic carbocycles. The third kappa shape index (κ3) is 3.94. The van der Waals surface area contributed by atoms with Gasteiger partial charge in [0, 0.05) is 29.2 Å². The van der Waals surface area contributed by atoms with Gasteiger partial charge in [-0.25, -0.2) is 0 Å². The molecule has 1 aromatic carbocycles. The molecule has 1 aliphatic heterocycles. The van der Waals surface area contributed by atoms with Gasteiger partial charge in [0.25, 0.3) is 0 Å². The minimum absolute atomic E-state index is 0.0122. The van der Waals surface area contributed by atoms with E-state index in [2.05, 4.69) is 6.92 Å². The van der Waals surface area contributed by atoms with Crippen molar-refractivity contribution in [1.29, 1.82) is 0 Å². The highest BCUT2D eigenvalue weighted by atomic mass is 32.2. The van der Waals surface area contributed by atoms with Gasteiger partial charge in [0.05, 0.1) is 24.0 Å². The monoisotopic (exact) mass is 283 g/mol. The van der Waals surface area contributed by atoms with Crippen molar-refractivity contribution in [3.63, 3.8) is 0 Å². The van der Waals surface area contributed by atoms with Crippen LogP contribution >= 0.6 is 0 Å². The van der Waals surface area contributed by atoms with Crippen molar-refractivity contribution in [2.75, 3.05) is 19.0 Å². The third-order valence-electron chi connectivity index (χ3n) is 3.01. The fraction of sp³-hybridized carbons (Fsp3) is 0.571. The van der Waals surface area contributed by atoms with Crippen LogP contribution in [0.3, 0.4) is 0 Å². The van der Waals surface area contributed by atoms with E-state index in [-0.39, 0.29) is 6.04 Å². The SMILES string of the molecule is CCCC(N)CS(=O)c1ccc2c(c1)OCCCO2. The summed E-state index contributed by atoms with van der Waals surface area (Å²) in [7, 11) is -1.08. The molecule has 2 atom stereocenters. The normalized spacial score (nSPS) is 17.6. The Morgan fingerprint density at radius 1 is 1.32 bits per heavy atom. The van der Waals surface area contributed by atoms with Crippen LogP contribution in [0.15, 0.2) is 23.1 Å². The average molecular weight is 283 g/mol. The van der Waals surface area contributed by atoms with E-state index in [1.165, 1.54) is 0 Å². The number of hydrogen-bond acceptors (Lipinski definition) is 4. The van der Waals surface area contributed by atoms with Crippen molar-refractivity contribution < 1.29 is 13.7 Å². The Hall–Kier alpha value is -1.07. The summed E-state index contributed by atoms with van der Waals surface area (Å²) in [5, 5.41) is 0. The Morgan fingerprint density at radius 2 is 2.05 bits per heavy atom. The van der Waals surface area contributed by atoms with Gasteiger partial charge in [-0.15, -0.1) is 0 Å². The molecule has 2 N–H and O–H groups in total. The molecule has 0 saturated carbocycles. The number of fused-ring (bicyclic) bond motifs is 1. The molecule has 4 nitrogen and oxygen atoms in total. The number of hydrogen-bond donors (Lipinski definition) is 1. The minimum atomic E-state index is -1.08. The molecule has 0 spiro atoms. The highest BCUT2D eigenvalue weighted by Gasteiger charge is 2.15. The number of ether oxygens (including phenoxy) is 2. The van der Waals surface area contributed by atoms with Crippen molar-refractivity contribution in [2.24, 2.45) is 5.73 Å². The van der Waals surface area contributed by atoms with Crippen LogP contribution in [0.25, 0.3) is 0 Å². The van der Waals surface area contributed by atoms with Crippen LogP contribution in [-0.4, -0.2) is 29.2 Å². The summed E-state index contributed by atoms with van der Waals surface area (Å²) in [6.45, 7) is 3.38. The van der Waals surface area contributed by atoms with Gasteiger partial charge in [-0.05, 0) is 18.6 Å². The molecule has 106 valence electrons. The highest BCUT2D eigenvalue weighted by Crippen LogP contribution is 2.31. The van der Waals surface area contributed by atoms with E-state index in [1.807, 2.05) is 18.2 Å². The fourth-order valence-corrected chi connectivity index (χ4v) is 3.24. The quantitative estimate of drug-likeness (QED) is 0.898. The molecule has 2 rings (SSSR count). The molecular weight excluding hydrogens is 262 g/mol. The molecule has 2 unspecified atom stereocenters. The van der Waals surface area contributed by atoms with Crippen molar-refractivity contribution in [3.8, 4) is 11.5 Å². The first kappa shape index (κ1) is 14.3. The van der Waals surface area contributed by atoms with Gasteiger partial charge in [-0.1, -0.05) is 13.3 Å². The van der Waals surface area contributed by atoms with Gasteiger partial charge in [0.2, 0.25) is 0 Å². The first-order chi connectivity index (χ1) is 9.20. The molecular formula is C14H21NO3S. The second-order valence-corrected chi connectivity index (χ2v) is 6.22. The van der Waals surface area contributed by atoms with E-state index in [4.69, 9.17) is 15.2 Å². The van der Waals surface area contributed by atoms with Crippen molar-refractivity contribution in [2.45, 2.75) is 37.1 Å². The molecule has 19 heavy (non-hydrogen) atoms. The Balaban J connectivity index is 2.08. The predicted octanol–water partition coefficient (Wildman–Crippen LogP) is 2.08. The van der Waals surface area contributed by atoms with E-state index < -0.39 is 10.8 Å². The molecule has 1 aromatic rings. The molecule has 1 heterocycles. The number of rotatable bonds is 5. The molecule has 0 amide bonds. The lowest BCUT2D eigenvalue weighted by Gasteiger charge is -2.12. The number of nitrogens with two attached hydrogens (primary N) is 1. The molecule has 0 radical (unpaired) electrons. The fourth-order valence-electron chi connectivity index (χ4n) is 2.03. The van der Waals surface area contributed by atoms with Crippen molar-refractivity contribution in [1.82, 2.24) is 0 Å². The maximum absolute atomic E-state index is 12.2. The number of benzene rings is 1. The molecule has 0 bridgehead atoms. The van der Waals surface area contributed by atoms with E-state index in [9.17, 15) is 4.21 Å². The standard InChI is InChI=1S/C14H21NO3S/c1-2-4-11(15)10-19(16)12-5-6-13-14(9-12)18-8-3-7-17-13/h5-6,9,11H,2-4,7-8,10,15H2,1H3. The zero-order valence-electron chi connectivity index (χ0n) is 11.3. The topological polar surface area (TPSA) is 61.6 Å². The maximum atomic E-state index is 12.2. The molecule has 0 aromatic heterocycles. The molecule has 1 aliphatic rings. The molecule has 0 fully saturated rings. The maximum Gasteiger partial charge on any atom is 0.162 e. The van der Waals surface area contributed by atoms with Crippen LogP contribution in [0.2, 0.25) is 0 Å². The average Bonchev–Trinajstić information content (AvgIpc) is 2.63. The van der Waals surface area contributed by atoms with E-state index in [0.717, 1.165) is 29.9 Å². The van der Waals surface area contributed by atoms with Crippen LogP contribution in [-0.2, 0) is 10.8 Å². The lowest BCUT2D eigenvalue weighted by Crippen LogP contribution is -2.26. The smallest absolute Gasteiger partial charge is 0.162 e. The van der Waals surface area contributed by atoms with Gasteiger partial charge in [0.1, 0.15) is 0 Å². The van der Waals surface area contributed by atoms with E-state index in [1.54, 1.807) is 0 Å². The lowest BCUT2D eigenvalue weighted by molar-refractivity contribution is 0.297. The molecule has 0 saturated heterocycles. The first-order valence-electron chi connectivity index (χ1n) is 6.74. The summed E-state index contributed by atoms with van der Waals surface area (Å²) in [5.74, 6) is 1.91. The summed E-state index contributed by atoms with van der Waals surface area (Å²) >= 11 is 0. The Morgan fingerprint density at radius 3 is 2.79 bits per heavy atom. The van der Waals surface area contributed by atoms with Gasteiger partial charge < -0.3 is 15.2 Å². The van der Waals surface area contributed by atoms with E-state index >= 15 is 0 Å². The van der Waals surface area contributed by atoms with Crippen molar-refractivity contribution >= 4 is 10.8 Å². The largest absolute Gasteiger partial charge is 0.490 e. The summed E-state index contributed by atoms with van der Waals surface area (Å²) in [6, 6.07) is 5.47. The van der Waals surface area contributed by atoms with Gasteiger partial charge in [0.15, 0.2) is 11.5 Å². The second kappa shape index (κ2) is 6.91. The van der Waals surface area contributed by atoms with Crippen LogP contribution in [0.4, 0.5) is 0 Å². The summed E-state index contributed by atoms with van der Waals surface area (Å²) < 4.78 is 23.4. The van der Waals surface area contributed by atoms with Crippen LogP contribution < -0.4 is 15.2 Å². The van der Waals surface area contributed by atoms with E-state index in [0.29, 0.717) is 24.7 Å². The van der Waals surface area contributed by atoms with Crippen molar-refractivity contribution in [3.05, 3.63) is 18.2 Å². The molecule has 5 heteroatoms. The Kier molecular flexibility index (Phi) is 5.22. The zero-order chi connectivity index (χ0) is 13.7. The lowest BCUT2D eigenvalue weighted by atomic mass is 10.2. The zero-order valence-corrected chi connectivity index (χ0v) is 12.1. The summed E-state index contributed by atoms with van der Waals surface area (Å²) in [6.07, 6.45) is 2.78. The second-order valence-electron chi connectivity index (χ2n) is 4.72. The van der Waals surface area contributed by atoms with Crippen LogP contribution in [0.1, 0.15) is 26.2 Å². The Labute approximate surface area is 116 Å². The van der Waals surface area contributed by atoms with Gasteiger partial charge in [-0.2, -0.15) is 0 Å². The van der Waals surface area contributed by atoms with Crippen LogP contribution in [0.5, 0.6) is 11.5 Å². The van der Waals surface area contributed by atoms with Gasteiger partial charge in [-0.3, -0.25) is 4.21 Å². The first-order valence-corrected chi connectivity index (χ1v) is 8.06. The third-order valence-corrected chi connectivity index (χ3v) is 4.52. The van der Waals surface area contributed by atoms with Gasteiger partial charge >= 0.3 is 0 Å². The van der Waals surface area contributed by atoms with Crippen LogP contribution in [0, 0.1) is 0 Å². The predicted molar refractivity (Wildman–Crippen MR) is 76.2 cm³/mol. The minimum Gasteiger partial charge on any atom is -0.490 e. The summed E-state index contributed by atoms with van der Waals surface area (Å²) in [5.41, 5.74) is 5.94. The highest BCUT2D eigenvalue weighted by molar-refractivity contribution is 7.85.